The molecule has 0 aliphatic rings. The van der Waals surface area contributed by atoms with E-state index in [0.29, 0.717) is 38.0 Å². The molecule has 0 radical (unpaired) electrons. The van der Waals surface area contributed by atoms with Gasteiger partial charge >= 0.3 is 0 Å². The van der Waals surface area contributed by atoms with E-state index >= 15 is 0 Å². The number of hydrogen-bond donors (Lipinski definition) is 2. The molecule has 8 nitrogen and oxygen atoms in total. The molecule has 0 spiro atoms. The van der Waals surface area contributed by atoms with Crippen LogP contribution in [0.5, 0.6) is 0 Å². The first-order chi connectivity index (χ1) is 12.1. The SMILES string of the molecule is CCOCCNc1nc(SC)nc2c1cnn2CCNC(=O)C(C)Cl. The molecule has 0 bridgehead atoms. The maximum atomic E-state index is 11.5. The average Bonchev–Trinajstić information content (AvgIpc) is 3.01. The fourth-order valence-corrected chi connectivity index (χ4v) is 2.57. The third-order valence-electron chi connectivity index (χ3n) is 3.39. The highest BCUT2D eigenvalue weighted by Gasteiger charge is 2.13. The van der Waals surface area contributed by atoms with Crippen molar-refractivity contribution < 1.29 is 9.53 Å². The molecule has 0 saturated carbocycles. The highest BCUT2D eigenvalue weighted by Crippen LogP contribution is 2.23. The van der Waals surface area contributed by atoms with Crippen molar-refractivity contribution in [2.45, 2.75) is 30.9 Å². The Morgan fingerprint density at radius 1 is 1.44 bits per heavy atom. The van der Waals surface area contributed by atoms with E-state index in [1.807, 2.05) is 13.2 Å². The summed E-state index contributed by atoms with van der Waals surface area (Å²) in [7, 11) is 0. The number of aromatic nitrogens is 4. The van der Waals surface area contributed by atoms with Crippen molar-refractivity contribution >= 4 is 46.1 Å². The van der Waals surface area contributed by atoms with Gasteiger partial charge in [-0.15, -0.1) is 11.6 Å². The standard InChI is InChI=1S/C15H23ClN6O2S/c1-4-24-8-6-17-12-11-9-19-22(7-5-18-14(23)10(2)16)13(11)21-15(20-12)25-3/h9-10H,4-8H2,1-3H3,(H,18,23)(H,17,20,21). The average molecular weight is 387 g/mol. The van der Waals surface area contributed by atoms with Gasteiger partial charge in [0.1, 0.15) is 11.2 Å². The second kappa shape index (κ2) is 9.79. The monoisotopic (exact) mass is 386 g/mol. The normalized spacial score (nSPS) is 12.3. The van der Waals surface area contributed by atoms with Crippen LogP contribution in [0.25, 0.3) is 11.0 Å². The van der Waals surface area contributed by atoms with Gasteiger partial charge in [0.05, 0.1) is 24.7 Å². The van der Waals surface area contributed by atoms with Crippen LogP contribution in [0, 0.1) is 0 Å². The molecule has 0 fully saturated rings. The predicted molar refractivity (Wildman–Crippen MR) is 100 cm³/mol. The van der Waals surface area contributed by atoms with Gasteiger partial charge in [-0.05, 0) is 20.1 Å². The minimum Gasteiger partial charge on any atom is -0.380 e. The molecule has 2 rings (SSSR count). The van der Waals surface area contributed by atoms with Gasteiger partial charge in [0.15, 0.2) is 10.8 Å². The Kier molecular flexibility index (Phi) is 7.73. The number of halogens is 1. The Morgan fingerprint density at radius 3 is 2.92 bits per heavy atom. The summed E-state index contributed by atoms with van der Waals surface area (Å²) in [4.78, 5) is 20.6. The summed E-state index contributed by atoms with van der Waals surface area (Å²) in [5.74, 6) is 0.537. The number of nitrogens with zero attached hydrogens (tertiary/aromatic N) is 4. The molecule has 2 heterocycles. The molecule has 0 aromatic carbocycles. The van der Waals surface area contributed by atoms with Crippen molar-refractivity contribution in [3.05, 3.63) is 6.20 Å². The number of ether oxygens (including phenoxy) is 1. The van der Waals surface area contributed by atoms with Crippen molar-refractivity contribution in [3.8, 4) is 0 Å². The van der Waals surface area contributed by atoms with E-state index in [0.717, 1.165) is 16.9 Å². The van der Waals surface area contributed by atoms with Crippen LogP contribution in [0.2, 0.25) is 0 Å². The van der Waals surface area contributed by atoms with E-state index in [4.69, 9.17) is 16.3 Å². The van der Waals surface area contributed by atoms with Gasteiger partial charge in [-0.2, -0.15) is 5.10 Å². The first-order valence-corrected chi connectivity index (χ1v) is 9.73. The summed E-state index contributed by atoms with van der Waals surface area (Å²) >= 11 is 7.20. The first-order valence-electron chi connectivity index (χ1n) is 8.07. The third-order valence-corrected chi connectivity index (χ3v) is 4.13. The third kappa shape index (κ3) is 5.45. The molecule has 2 aromatic heterocycles. The molecule has 0 saturated heterocycles. The van der Waals surface area contributed by atoms with Gasteiger partial charge in [0.25, 0.3) is 0 Å². The van der Waals surface area contributed by atoms with Gasteiger partial charge in [-0.3, -0.25) is 4.79 Å². The summed E-state index contributed by atoms with van der Waals surface area (Å²) in [5, 5.41) is 11.3. The number of nitrogens with one attached hydrogen (secondary N) is 2. The van der Waals surface area contributed by atoms with Gasteiger partial charge in [0.2, 0.25) is 5.91 Å². The number of amides is 1. The molecule has 0 aliphatic heterocycles. The lowest BCUT2D eigenvalue weighted by Crippen LogP contribution is -2.32. The largest absolute Gasteiger partial charge is 0.380 e. The van der Waals surface area contributed by atoms with Crippen LogP contribution >= 0.6 is 23.4 Å². The van der Waals surface area contributed by atoms with Gasteiger partial charge < -0.3 is 15.4 Å². The van der Waals surface area contributed by atoms with Gasteiger partial charge in [-0.1, -0.05) is 11.8 Å². The summed E-state index contributed by atoms with van der Waals surface area (Å²) < 4.78 is 7.09. The van der Waals surface area contributed by atoms with E-state index in [2.05, 4.69) is 25.7 Å². The Bertz CT molecular complexity index is 709. The molecule has 1 unspecified atom stereocenters. The number of anilines is 1. The van der Waals surface area contributed by atoms with E-state index in [1.165, 1.54) is 11.8 Å². The Morgan fingerprint density at radius 2 is 2.24 bits per heavy atom. The minimum atomic E-state index is -0.555. The van der Waals surface area contributed by atoms with Crippen LogP contribution < -0.4 is 10.6 Å². The molecule has 0 aliphatic carbocycles. The van der Waals surface area contributed by atoms with E-state index in [1.54, 1.807) is 17.8 Å². The van der Waals surface area contributed by atoms with Gasteiger partial charge in [0, 0.05) is 19.7 Å². The number of alkyl halides is 1. The van der Waals surface area contributed by atoms with Crippen LogP contribution in [0.3, 0.4) is 0 Å². The summed E-state index contributed by atoms with van der Waals surface area (Å²) in [6.07, 6.45) is 3.66. The molecule has 2 aromatic rings. The number of thioether (sulfide) groups is 1. The number of hydrogen-bond acceptors (Lipinski definition) is 7. The van der Waals surface area contributed by atoms with Crippen LogP contribution in [0.4, 0.5) is 5.82 Å². The predicted octanol–water partition coefficient (Wildman–Crippen LogP) is 1.74. The number of carbonyl (C=O) groups excluding carboxylic acids is 1. The Hall–Kier alpha value is -1.58. The molecule has 138 valence electrons. The van der Waals surface area contributed by atoms with E-state index < -0.39 is 5.38 Å². The van der Waals surface area contributed by atoms with Crippen LogP contribution in [-0.2, 0) is 16.1 Å². The van der Waals surface area contributed by atoms with Crippen molar-refractivity contribution in [2.75, 3.05) is 37.9 Å². The summed E-state index contributed by atoms with van der Waals surface area (Å²) in [6.45, 7) is 6.47. The van der Waals surface area contributed by atoms with Crippen molar-refractivity contribution in [2.24, 2.45) is 0 Å². The fraction of sp³-hybridized carbons (Fsp3) is 0.600. The molecule has 10 heteroatoms. The highest BCUT2D eigenvalue weighted by molar-refractivity contribution is 7.98. The quantitative estimate of drug-likeness (QED) is 0.278. The van der Waals surface area contributed by atoms with Crippen molar-refractivity contribution in [1.82, 2.24) is 25.1 Å². The zero-order chi connectivity index (χ0) is 18.2. The molecule has 1 amide bonds. The molecular formula is C15H23ClN6O2S. The number of rotatable bonds is 10. The Balaban J connectivity index is 2.12. The highest BCUT2D eigenvalue weighted by atomic mass is 35.5. The lowest BCUT2D eigenvalue weighted by molar-refractivity contribution is -0.120. The van der Waals surface area contributed by atoms with Crippen LogP contribution in [0.1, 0.15) is 13.8 Å². The van der Waals surface area contributed by atoms with E-state index in [-0.39, 0.29) is 5.91 Å². The maximum absolute atomic E-state index is 11.5. The molecule has 2 N–H and O–H groups in total. The van der Waals surface area contributed by atoms with Crippen molar-refractivity contribution in [1.29, 1.82) is 0 Å². The summed E-state index contributed by atoms with van der Waals surface area (Å²) in [6, 6.07) is 0. The molecular weight excluding hydrogens is 364 g/mol. The maximum Gasteiger partial charge on any atom is 0.237 e. The molecule has 1 atom stereocenters. The van der Waals surface area contributed by atoms with Gasteiger partial charge in [-0.25, -0.2) is 14.6 Å². The zero-order valence-corrected chi connectivity index (χ0v) is 16.2. The lowest BCUT2D eigenvalue weighted by Gasteiger charge is -2.09. The van der Waals surface area contributed by atoms with Crippen LogP contribution in [0.15, 0.2) is 11.4 Å². The topological polar surface area (TPSA) is 94.0 Å². The Labute approximate surface area is 156 Å². The first kappa shape index (κ1) is 19.7. The fourth-order valence-electron chi connectivity index (χ4n) is 2.14. The second-order valence-electron chi connectivity index (χ2n) is 5.19. The van der Waals surface area contributed by atoms with E-state index in [9.17, 15) is 4.79 Å². The second-order valence-corrected chi connectivity index (χ2v) is 6.62. The minimum absolute atomic E-state index is 0.198. The number of carbonyl (C=O) groups is 1. The van der Waals surface area contributed by atoms with Crippen LogP contribution in [-0.4, -0.2) is 63.6 Å². The zero-order valence-electron chi connectivity index (χ0n) is 14.6. The molecule has 25 heavy (non-hydrogen) atoms. The van der Waals surface area contributed by atoms with Crippen molar-refractivity contribution in [3.63, 3.8) is 0 Å². The number of fused-ring (bicyclic) bond motifs is 1. The lowest BCUT2D eigenvalue weighted by atomic mass is 10.4. The smallest absolute Gasteiger partial charge is 0.237 e. The summed E-state index contributed by atoms with van der Waals surface area (Å²) in [5.41, 5.74) is 0.728.